The van der Waals surface area contributed by atoms with E-state index in [1.165, 1.54) is 43.6 Å². The molecule has 0 atom stereocenters. The molecule has 0 unspecified atom stereocenters. The lowest BCUT2D eigenvalue weighted by Gasteiger charge is -2.32. The Morgan fingerprint density at radius 2 is 1.80 bits per heavy atom. The number of benzene rings is 1. The van der Waals surface area contributed by atoms with E-state index in [4.69, 9.17) is 0 Å². The highest BCUT2D eigenvalue weighted by atomic mass is 35.5. The smallest absolute Gasteiger partial charge is 0.323 e. The molecule has 1 amide bonds. The number of carbonyl (C=O) groups is 1. The van der Waals surface area contributed by atoms with Crippen molar-refractivity contribution in [3.05, 3.63) is 24.3 Å². The summed E-state index contributed by atoms with van der Waals surface area (Å²) in [4.78, 5) is 17.2. The van der Waals surface area contributed by atoms with Crippen LogP contribution in [0.3, 0.4) is 0 Å². The second kappa shape index (κ2) is 8.15. The molecule has 7 heteroatoms. The average Bonchev–Trinajstić information content (AvgIpc) is 3.29. The molecule has 136 valence electrons. The molecule has 25 heavy (non-hydrogen) atoms. The first-order chi connectivity index (χ1) is 11.8. The molecule has 4 rings (SSSR count). The van der Waals surface area contributed by atoms with Crippen molar-refractivity contribution in [1.82, 2.24) is 24.8 Å². The van der Waals surface area contributed by atoms with Crippen LogP contribution in [0.5, 0.6) is 0 Å². The summed E-state index contributed by atoms with van der Waals surface area (Å²) in [6, 6.07) is 7.58. The number of hydrogen-bond acceptors (Lipinski definition) is 4. The largest absolute Gasteiger partial charge is 0.346 e. The van der Waals surface area contributed by atoms with E-state index in [1.54, 1.807) is 0 Å². The van der Waals surface area contributed by atoms with Crippen LogP contribution in [0.15, 0.2) is 24.3 Å². The van der Waals surface area contributed by atoms with E-state index in [9.17, 15) is 4.79 Å². The maximum absolute atomic E-state index is 12.7. The maximum Gasteiger partial charge on any atom is 0.346 e. The van der Waals surface area contributed by atoms with Crippen LogP contribution in [0.25, 0.3) is 11.0 Å². The summed E-state index contributed by atoms with van der Waals surface area (Å²) >= 11 is 0. The predicted octanol–water partition coefficient (Wildman–Crippen LogP) is 3.02. The fourth-order valence-electron chi connectivity index (χ4n) is 3.93. The summed E-state index contributed by atoms with van der Waals surface area (Å²) in [7, 11) is 0. The van der Waals surface area contributed by atoms with Crippen molar-refractivity contribution in [1.29, 1.82) is 0 Å². The Labute approximate surface area is 154 Å². The molecular weight excluding hydrogens is 338 g/mol. The van der Waals surface area contributed by atoms with Gasteiger partial charge in [-0.3, -0.25) is 0 Å². The number of nitrogens with zero attached hydrogens (tertiary/aromatic N) is 5. The highest BCUT2D eigenvalue weighted by Crippen LogP contribution is 2.23. The zero-order chi connectivity index (χ0) is 16.4. The number of rotatable bonds is 3. The molecule has 0 bridgehead atoms. The third-order valence-corrected chi connectivity index (χ3v) is 5.47. The second-order valence-electron chi connectivity index (χ2n) is 7.04. The molecular formula is C18H26ClN5O. The number of halogens is 1. The van der Waals surface area contributed by atoms with Gasteiger partial charge in [0.2, 0.25) is 0 Å². The van der Waals surface area contributed by atoms with Gasteiger partial charge in [0.15, 0.2) is 0 Å². The fourth-order valence-corrected chi connectivity index (χ4v) is 3.93. The Morgan fingerprint density at radius 3 is 2.56 bits per heavy atom. The van der Waals surface area contributed by atoms with Crippen molar-refractivity contribution in [3.8, 4) is 0 Å². The summed E-state index contributed by atoms with van der Waals surface area (Å²) in [5.41, 5.74) is 1.56. The molecule has 2 saturated heterocycles. The summed E-state index contributed by atoms with van der Waals surface area (Å²) in [5.74, 6) is 0.752. The lowest BCUT2D eigenvalue weighted by atomic mass is 9.93. The van der Waals surface area contributed by atoms with Crippen molar-refractivity contribution >= 4 is 29.5 Å². The van der Waals surface area contributed by atoms with Crippen LogP contribution in [0.1, 0.15) is 32.1 Å². The Hall–Kier alpha value is -1.66. The van der Waals surface area contributed by atoms with Crippen molar-refractivity contribution in [2.24, 2.45) is 5.92 Å². The highest BCUT2D eigenvalue weighted by Gasteiger charge is 2.25. The van der Waals surface area contributed by atoms with Crippen LogP contribution in [0, 0.1) is 5.92 Å². The van der Waals surface area contributed by atoms with Gasteiger partial charge in [0, 0.05) is 13.1 Å². The number of fused-ring (bicyclic) bond motifs is 1. The maximum atomic E-state index is 12.7. The fraction of sp³-hybridized carbons (Fsp3) is 0.611. The number of aromatic nitrogens is 3. The van der Waals surface area contributed by atoms with Gasteiger partial charge in [-0.1, -0.05) is 17.3 Å². The van der Waals surface area contributed by atoms with Gasteiger partial charge in [0.05, 0.1) is 5.52 Å². The SMILES string of the molecule is Cl.O=C(N1CCC(CCN2CCCC2)CC1)n1nnc2ccccc21. The van der Waals surface area contributed by atoms with Crippen molar-refractivity contribution in [3.63, 3.8) is 0 Å². The summed E-state index contributed by atoms with van der Waals surface area (Å²) in [5, 5.41) is 8.13. The average molecular weight is 364 g/mol. The van der Waals surface area contributed by atoms with Crippen LogP contribution in [-0.4, -0.2) is 63.5 Å². The van der Waals surface area contributed by atoms with Crippen molar-refractivity contribution < 1.29 is 4.79 Å². The predicted molar refractivity (Wildman–Crippen MR) is 100 cm³/mol. The van der Waals surface area contributed by atoms with Gasteiger partial charge >= 0.3 is 6.03 Å². The molecule has 1 aromatic heterocycles. The molecule has 0 aliphatic carbocycles. The quantitative estimate of drug-likeness (QED) is 0.841. The Morgan fingerprint density at radius 1 is 1.08 bits per heavy atom. The minimum absolute atomic E-state index is 0. The first kappa shape index (κ1) is 18.1. The second-order valence-corrected chi connectivity index (χ2v) is 7.04. The zero-order valence-corrected chi connectivity index (χ0v) is 15.3. The van der Waals surface area contributed by atoms with Crippen molar-refractivity contribution in [2.45, 2.75) is 32.1 Å². The first-order valence-corrected chi connectivity index (χ1v) is 9.13. The van der Waals surface area contributed by atoms with Gasteiger partial charge in [-0.25, -0.2) is 4.79 Å². The molecule has 2 aliphatic heterocycles. The number of likely N-dealkylation sites (tertiary alicyclic amines) is 2. The normalized spacial score (nSPS) is 19.3. The number of amides is 1. The minimum Gasteiger partial charge on any atom is -0.323 e. The van der Waals surface area contributed by atoms with Gasteiger partial charge < -0.3 is 9.80 Å². The number of carbonyl (C=O) groups excluding carboxylic acids is 1. The molecule has 0 spiro atoms. The topological polar surface area (TPSA) is 54.3 Å². The Kier molecular flexibility index (Phi) is 5.91. The molecule has 6 nitrogen and oxygen atoms in total. The van der Waals surface area contributed by atoms with E-state index in [0.717, 1.165) is 42.9 Å². The Bertz CT molecular complexity index is 704. The van der Waals surface area contributed by atoms with Gasteiger partial charge in [-0.2, -0.15) is 4.68 Å². The van der Waals surface area contributed by atoms with E-state index in [0.29, 0.717) is 0 Å². The third-order valence-electron chi connectivity index (χ3n) is 5.47. The van der Waals surface area contributed by atoms with Crippen LogP contribution in [-0.2, 0) is 0 Å². The van der Waals surface area contributed by atoms with Gasteiger partial charge in [-0.15, -0.1) is 17.5 Å². The first-order valence-electron chi connectivity index (χ1n) is 9.13. The molecule has 2 fully saturated rings. The Balaban J connectivity index is 0.00000182. The lowest BCUT2D eigenvalue weighted by molar-refractivity contribution is 0.162. The monoisotopic (exact) mass is 363 g/mol. The summed E-state index contributed by atoms with van der Waals surface area (Å²) in [6.45, 7) is 5.44. The summed E-state index contributed by atoms with van der Waals surface area (Å²) in [6.07, 6.45) is 6.20. The van der Waals surface area contributed by atoms with E-state index < -0.39 is 0 Å². The van der Waals surface area contributed by atoms with Gasteiger partial charge in [0.25, 0.3) is 0 Å². The van der Waals surface area contributed by atoms with Crippen LogP contribution < -0.4 is 0 Å². The van der Waals surface area contributed by atoms with E-state index in [2.05, 4.69) is 15.2 Å². The standard InChI is InChI=1S/C18H25N5O.ClH/c24-18(23-17-6-2-1-5-16(17)19-20-23)22-13-8-15(9-14-22)7-12-21-10-3-4-11-21;/h1-2,5-6,15H,3-4,7-14H2;1H. The van der Waals surface area contributed by atoms with E-state index in [1.807, 2.05) is 29.2 Å². The van der Waals surface area contributed by atoms with Crippen LogP contribution >= 0.6 is 12.4 Å². The van der Waals surface area contributed by atoms with Crippen LogP contribution in [0.2, 0.25) is 0 Å². The molecule has 0 radical (unpaired) electrons. The third kappa shape index (κ3) is 3.96. The van der Waals surface area contributed by atoms with Crippen molar-refractivity contribution in [2.75, 3.05) is 32.7 Å². The van der Waals surface area contributed by atoms with E-state index >= 15 is 0 Å². The molecule has 0 saturated carbocycles. The minimum atomic E-state index is -0.0401. The molecule has 1 aromatic carbocycles. The van der Waals surface area contributed by atoms with E-state index in [-0.39, 0.29) is 18.4 Å². The van der Waals surface area contributed by atoms with Gasteiger partial charge in [-0.05, 0) is 69.8 Å². The highest BCUT2D eigenvalue weighted by molar-refractivity contribution is 5.87. The number of hydrogen-bond donors (Lipinski definition) is 0. The zero-order valence-electron chi connectivity index (χ0n) is 14.5. The summed E-state index contributed by atoms with van der Waals surface area (Å²) < 4.78 is 1.44. The van der Waals surface area contributed by atoms with Gasteiger partial charge in [0.1, 0.15) is 5.52 Å². The number of piperidine rings is 1. The van der Waals surface area contributed by atoms with Crippen LogP contribution in [0.4, 0.5) is 4.79 Å². The lowest BCUT2D eigenvalue weighted by Crippen LogP contribution is -2.41. The number of para-hydroxylation sites is 1. The molecule has 3 heterocycles. The molecule has 0 N–H and O–H groups in total. The molecule has 2 aromatic rings. The molecule has 2 aliphatic rings.